The molecule has 0 bridgehead atoms. The highest BCUT2D eigenvalue weighted by molar-refractivity contribution is 9.10. The Morgan fingerprint density at radius 1 is 1.30 bits per heavy atom. The number of rotatable bonds is 2. The van der Waals surface area contributed by atoms with E-state index >= 15 is 0 Å². The summed E-state index contributed by atoms with van der Waals surface area (Å²) in [7, 11) is 0. The lowest BCUT2D eigenvalue weighted by Gasteiger charge is -2.46. The summed E-state index contributed by atoms with van der Waals surface area (Å²) in [5, 5.41) is 3.74. The van der Waals surface area contributed by atoms with Crippen molar-refractivity contribution in [1.82, 2.24) is 5.32 Å². The summed E-state index contributed by atoms with van der Waals surface area (Å²) >= 11 is 3.63. The maximum absolute atomic E-state index is 3.74. The van der Waals surface area contributed by atoms with Gasteiger partial charge < -0.3 is 10.2 Å². The highest BCUT2D eigenvalue weighted by Crippen LogP contribution is 2.30. The van der Waals surface area contributed by atoms with E-state index in [-0.39, 0.29) is 5.41 Å². The van der Waals surface area contributed by atoms with Crippen LogP contribution in [0.4, 0.5) is 5.69 Å². The molecule has 1 aromatic rings. The number of hydrogen-bond donors (Lipinski definition) is 1. The minimum Gasteiger partial charge on any atom is -0.366 e. The quantitative estimate of drug-likeness (QED) is 0.861. The van der Waals surface area contributed by atoms with E-state index in [1.165, 1.54) is 22.1 Å². The van der Waals surface area contributed by atoms with Gasteiger partial charge in [0.25, 0.3) is 0 Å². The number of anilines is 1. The third-order valence-corrected chi connectivity index (χ3v) is 4.75. The second-order valence-electron chi connectivity index (χ2n) is 7.03. The molecule has 1 heterocycles. The molecular formula is C17H27BrN2. The van der Waals surface area contributed by atoms with Crippen LogP contribution >= 0.6 is 15.9 Å². The highest BCUT2D eigenvalue weighted by atomic mass is 79.9. The van der Waals surface area contributed by atoms with Gasteiger partial charge in [-0.3, -0.25) is 0 Å². The minimum absolute atomic E-state index is 0.290. The average molecular weight is 339 g/mol. The summed E-state index contributed by atoms with van der Waals surface area (Å²) in [5.74, 6) is 0. The number of aryl methyl sites for hydroxylation is 1. The molecule has 1 aliphatic heterocycles. The largest absolute Gasteiger partial charge is 0.366 e. The molecule has 2 atom stereocenters. The van der Waals surface area contributed by atoms with Crippen molar-refractivity contribution in [3.63, 3.8) is 0 Å². The van der Waals surface area contributed by atoms with Crippen LogP contribution in [0.25, 0.3) is 0 Å². The molecule has 1 aromatic carbocycles. The zero-order valence-electron chi connectivity index (χ0n) is 13.3. The van der Waals surface area contributed by atoms with Gasteiger partial charge in [0.2, 0.25) is 0 Å². The maximum Gasteiger partial charge on any atom is 0.0412 e. The molecule has 1 saturated heterocycles. The third-order valence-electron chi connectivity index (χ3n) is 4.30. The number of nitrogens with zero attached hydrogens (tertiary/aromatic N) is 1. The fourth-order valence-electron chi connectivity index (χ4n) is 2.94. The van der Waals surface area contributed by atoms with Crippen LogP contribution in [0.5, 0.6) is 0 Å². The molecule has 1 aliphatic rings. The Morgan fingerprint density at radius 3 is 2.55 bits per heavy atom. The maximum atomic E-state index is 3.74. The summed E-state index contributed by atoms with van der Waals surface area (Å²) < 4.78 is 1.17. The van der Waals surface area contributed by atoms with Crippen molar-refractivity contribution in [2.45, 2.75) is 53.1 Å². The molecule has 112 valence electrons. The first kappa shape index (κ1) is 15.8. The number of halogens is 1. The first-order chi connectivity index (χ1) is 9.31. The Kier molecular flexibility index (Phi) is 4.80. The predicted octanol–water partition coefficient (Wildman–Crippen LogP) is 4.36. The monoisotopic (exact) mass is 338 g/mol. The lowest BCUT2D eigenvalue weighted by molar-refractivity contribution is 0.233. The molecule has 0 amide bonds. The predicted molar refractivity (Wildman–Crippen MR) is 91.5 cm³/mol. The standard InChI is InChI=1S/C17H27BrN2/c1-6-14-10-19-16(17(3,4)5)11-20(14)15-8-12(2)7-13(18)9-15/h7-9,14,16,19H,6,10-11H2,1-5H3. The first-order valence-electron chi connectivity index (χ1n) is 7.58. The Bertz CT molecular complexity index is 444. The van der Waals surface area contributed by atoms with Gasteiger partial charge in [-0.05, 0) is 42.5 Å². The lowest BCUT2D eigenvalue weighted by atomic mass is 9.84. The van der Waals surface area contributed by atoms with Gasteiger partial charge in [0.15, 0.2) is 0 Å². The van der Waals surface area contributed by atoms with E-state index in [2.05, 4.69) is 79.0 Å². The molecule has 0 spiro atoms. The smallest absolute Gasteiger partial charge is 0.0412 e. The summed E-state index contributed by atoms with van der Waals surface area (Å²) in [6.45, 7) is 13.6. The summed E-state index contributed by atoms with van der Waals surface area (Å²) in [4.78, 5) is 2.59. The SMILES string of the molecule is CCC1CNC(C(C)(C)C)CN1c1cc(C)cc(Br)c1. The third kappa shape index (κ3) is 3.56. The van der Waals surface area contributed by atoms with Crippen molar-refractivity contribution in [3.05, 3.63) is 28.2 Å². The van der Waals surface area contributed by atoms with Crippen LogP contribution in [0.3, 0.4) is 0 Å². The Morgan fingerprint density at radius 2 is 2.00 bits per heavy atom. The molecule has 2 unspecified atom stereocenters. The first-order valence-corrected chi connectivity index (χ1v) is 8.37. The number of piperazine rings is 1. The van der Waals surface area contributed by atoms with Crippen LogP contribution in [0.2, 0.25) is 0 Å². The van der Waals surface area contributed by atoms with Crippen molar-refractivity contribution in [2.24, 2.45) is 5.41 Å². The van der Waals surface area contributed by atoms with Gasteiger partial charge in [-0.15, -0.1) is 0 Å². The fraction of sp³-hybridized carbons (Fsp3) is 0.647. The van der Waals surface area contributed by atoms with E-state index in [0.717, 1.165) is 13.1 Å². The second kappa shape index (κ2) is 6.07. The van der Waals surface area contributed by atoms with Crippen LogP contribution < -0.4 is 10.2 Å². The molecule has 0 saturated carbocycles. The van der Waals surface area contributed by atoms with Gasteiger partial charge in [0.05, 0.1) is 0 Å². The van der Waals surface area contributed by atoms with Crippen molar-refractivity contribution >= 4 is 21.6 Å². The molecule has 3 heteroatoms. The molecule has 20 heavy (non-hydrogen) atoms. The van der Waals surface area contributed by atoms with Gasteiger partial charge in [0.1, 0.15) is 0 Å². The number of benzene rings is 1. The minimum atomic E-state index is 0.290. The fourth-order valence-corrected chi connectivity index (χ4v) is 3.54. The van der Waals surface area contributed by atoms with E-state index in [9.17, 15) is 0 Å². The zero-order chi connectivity index (χ0) is 14.9. The number of hydrogen-bond acceptors (Lipinski definition) is 2. The van der Waals surface area contributed by atoms with Crippen LogP contribution in [0.1, 0.15) is 39.7 Å². The number of nitrogens with one attached hydrogen (secondary N) is 1. The molecule has 2 rings (SSSR count). The van der Waals surface area contributed by atoms with Crippen LogP contribution in [-0.2, 0) is 0 Å². The summed E-state index contributed by atoms with van der Waals surface area (Å²) in [6, 6.07) is 7.85. The summed E-state index contributed by atoms with van der Waals surface area (Å²) in [6.07, 6.45) is 1.18. The van der Waals surface area contributed by atoms with Crippen molar-refractivity contribution in [3.8, 4) is 0 Å². The molecule has 0 aliphatic carbocycles. The Balaban J connectivity index is 2.29. The van der Waals surface area contributed by atoms with Gasteiger partial charge >= 0.3 is 0 Å². The molecule has 0 aromatic heterocycles. The molecule has 1 N–H and O–H groups in total. The van der Waals surface area contributed by atoms with Crippen LogP contribution in [0, 0.1) is 12.3 Å². The van der Waals surface area contributed by atoms with Crippen molar-refractivity contribution in [1.29, 1.82) is 0 Å². The Hall–Kier alpha value is -0.540. The van der Waals surface area contributed by atoms with Gasteiger partial charge in [-0.2, -0.15) is 0 Å². The topological polar surface area (TPSA) is 15.3 Å². The average Bonchev–Trinajstić information content (AvgIpc) is 2.35. The molecule has 2 nitrogen and oxygen atoms in total. The Labute approximate surface area is 132 Å². The molecular weight excluding hydrogens is 312 g/mol. The van der Waals surface area contributed by atoms with Crippen molar-refractivity contribution < 1.29 is 0 Å². The van der Waals surface area contributed by atoms with Gasteiger partial charge in [0, 0.05) is 35.3 Å². The van der Waals surface area contributed by atoms with Crippen LogP contribution in [-0.4, -0.2) is 25.2 Å². The van der Waals surface area contributed by atoms with Crippen molar-refractivity contribution in [2.75, 3.05) is 18.0 Å². The van der Waals surface area contributed by atoms with E-state index < -0.39 is 0 Å². The van der Waals surface area contributed by atoms with E-state index in [0.29, 0.717) is 12.1 Å². The second-order valence-corrected chi connectivity index (χ2v) is 7.94. The highest BCUT2D eigenvalue weighted by Gasteiger charge is 2.33. The van der Waals surface area contributed by atoms with E-state index in [4.69, 9.17) is 0 Å². The van der Waals surface area contributed by atoms with E-state index in [1.54, 1.807) is 0 Å². The van der Waals surface area contributed by atoms with Gasteiger partial charge in [-0.25, -0.2) is 0 Å². The van der Waals surface area contributed by atoms with Gasteiger partial charge in [-0.1, -0.05) is 43.6 Å². The summed E-state index contributed by atoms with van der Waals surface area (Å²) in [5.41, 5.74) is 2.95. The normalized spacial score (nSPS) is 24.0. The van der Waals surface area contributed by atoms with Crippen LogP contribution in [0.15, 0.2) is 22.7 Å². The zero-order valence-corrected chi connectivity index (χ0v) is 14.9. The lowest BCUT2D eigenvalue weighted by Crippen LogP contribution is -2.60. The molecule has 0 radical (unpaired) electrons. The molecule has 1 fully saturated rings. The van der Waals surface area contributed by atoms with E-state index in [1.807, 2.05) is 0 Å².